The molecule has 0 aromatic carbocycles. The van der Waals surface area contributed by atoms with Crippen LogP contribution in [0, 0.1) is 0 Å². The van der Waals surface area contributed by atoms with Crippen molar-refractivity contribution in [3.8, 4) is 0 Å². The topological polar surface area (TPSA) is 191 Å². The number of esters is 1. The highest BCUT2D eigenvalue weighted by Gasteiger charge is 2.54. The number of nitrogens with two attached hydrogens (primary N) is 1. The second-order valence-corrected chi connectivity index (χ2v) is 9.26. The maximum Gasteiger partial charge on any atom is 0.352 e. The molecule has 4 N–H and O–H groups in total. The van der Waals surface area contributed by atoms with E-state index < -0.39 is 40.4 Å². The van der Waals surface area contributed by atoms with Gasteiger partial charge in [-0.15, -0.1) is 34.7 Å². The van der Waals surface area contributed by atoms with Crippen LogP contribution in [0.3, 0.4) is 0 Å². The number of carboxylic acids is 1. The van der Waals surface area contributed by atoms with Crippen LogP contribution >= 0.6 is 46.3 Å². The molecule has 3 heterocycles. The average Bonchev–Trinajstić information content (AvgIpc) is 3.24. The Kier molecular flexibility index (Phi) is 10.3. The first-order valence-corrected chi connectivity index (χ1v) is 12.3. The number of halogens is 2. The number of nitrogens with zero attached hydrogens (tertiary/aromatic N) is 3. The van der Waals surface area contributed by atoms with E-state index in [0.717, 1.165) is 16.2 Å². The van der Waals surface area contributed by atoms with Gasteiger partial charge < -0.3 is 25.7 Å². The number of rotatable bonds is 8. The molecule has 13 nitrogen and oxygen atoms in total. The third-order valence-corrected chi connectivity index (χ3v) is 6.78. The van der Waals surface area contributed by atoms with Crippen molar-refractivity contribution in [2.45, 2.75) is 18.3 Å². The zero-order valence-corrected chi connectivity index (χ0v) is 21.3. The Bertz CT molecular complexity index is 1090. The van der Waals surface area contributed by atoms with Crippen molar-refractivity contribution < 1.29 is 38.7 Å². The fourth-order valence-electron chi connectivity index (χ4n) is 2.88. The molecule has 0 radical (unpaired) electrons. The summed E-state index contributed by atoms with van der Waals surface area (Å²) in [5.41, 5.74) is 5.67. The molecule has 0 spiro atoms. The quantitative estimate of drug-likeness (QED) is 0.0981. The van der Waals surface area contributed by atoms with Gasteiger partial charge in [-0.2, -0.15) is 0 Å². The maximum atomic E-state index is 12.7. The number of carbonyl (C=O) groups is 5. The van der Waals surface area contributed by atoms with Crippen LogP contribution in [-0.2, 0) is 33.5 Å². The van der Waals surface area contributed by atoms with Crippen LogP contribution in [0.15, 0.2) is 21.8 Å². The molecule has 2 aliphatic heterocycles. The van der Waals surface area contributed by atoms with Crippen LogP contribution in [0.5, 0.6) is 0 Å². The molecule has 2 aliphatic rings. The van der Waals surface area contributed by atoms with Crippen LogP contribution in [0.25, 0.3) is 0 Å². The third-order valence-electron chi connectivity index (χ3n) is 4.25. The number of amides is 2. The number of fused-ring (bicyclic) bond motifs is 1. The molecule has 17 heteroatoms. The maximum absolute atomic E-state index is 12.7. The number of carboxylic acid groups (broad SMARTS) is 1. The molecule has 0 aliphatic carbocycles. The van der Waals surface area contributed by atoms with Gasteiger partial charge in [0, 0.05) is 23.6 Å². The van der Waals surface area contributed by atoms with Crippen molar-refractivity contribution in [3.63, 3.8) is 0 Å². The Morgan fingerprint density at radius 3 is 2.54 bits per heavy atom. The van der Waals surface area contributed by atoms with Gasteiger partial charge in [-0.1, -0.05) is 5.16 Å². The highest BCUT2D eigenvalue weighted by molar-refractivity contribution is 8.00. The minimum Gasteiger partial charge on any atom is -0.477 e. The molecule has 2 amide bonds. The molecule has 0 bridgehead atoms. The van der Waals surface area contributed by atoms with Crippen LogP contribution in [0.2, 0.25) is 0 Å². The normalized spacial score (nSPS) is 19.0. The summed E-state index contributed by atoms with van der Waals surface area (Å²) in [5.74, 6) is -3.08. The number of aliphatic carboxylic acids is 1. The lowest BCUT2D eigenvalue weighted by Crippen LogP contribution is -2.71. The van der Waals surface area contributed by atoms with Crippen molar-refractivity contribution in [2.24, 2.45) is 5.16 Å². The summed E-state index contributed by atoms with van der Waals surface area (Å²) in [6, 6.07) is -0.967. The predicted octanol–water partition coefficient (Wildman–Crippen LogP) is 0.368. The Hall–Kier alpha value is -2.88. The number of ether oxygens (including phenoxy) is 1. The van der Waals surface area contributed by atoms with Gasteiger partial charge in [0.25, 0.3) is 11.8 Å². The number of nitrogens with one attached hydrogen (secondary N) is 1. The van der Waals surface area contributed by atoms with E-state index in [9.17, 15) is 29.1 Å². The van der Waals surface area contributed by atoms with E-state index in [0.29, 0.717) is 5.57 Å². The lowest BCUT2D eigenvalue weighted by molar-refractivity contribution is -0.150. The summed E-state index contributed by atoms with van der Waals surface area (Å²) in [6.07, 6.45) is 0. The van der Waals surface area contributed by atoms with Crippen LogP contribution in [0.4, 0.5) is 5.13 Å². The highest BCUT2D eigenvalue weighted by Crippen LogP contribution is 2.40. The summed E-state index contributed by atoms with van der Waals surface area (Å²) < 4.78 is 4.88. The number of thioether (sulfide) groups is 1. The van der Waals surface area contributed by atoms with Gasteiger partial charge in [-0.05, 0) is 11.6 Å². The molecular formula is C18H19Cl2N5O8S2. The minimum absolute atomic E-state index is 0.0957. The van der Waals surface area contributed by atoms with Gasteiger partial charge >= 0.3 is 11.9 Å². The number of hydrogen-bond acceptors (Lipinski definition) is 12. The third kappa shape index (κ3) is 7.06. The number of thiazole rings is 1. The summed E-state index contributed by atoms with van der Waals surface area (Å²) in [4.78, 5) is 67.2. The second kappa shape index (κ2) is 12.7. The Labute approximate surface area is 216 Å². The molecule has 2 atom stereocenters. The molecule has 190 valence electrons. The van der Waals surface area contributed by atoms with Crippen LogP contribution in [0.1, 0.15) is 12.6 Å². The van der Waals surface area contributed by atoms with Crippen LogP contribution in [-0.4, -0.2) is 86.5 Å². The van der Waals surface area contributed by atoms with Crippen molar-refractivity contribution >= 4 is 86.1 Å². The molecule has 35 heavy (non-hydrogen) atoms. The summed E-state index contributed by atoms with van der Waals surface area (Å²) in [5, 5.41) is 16.4. The van der Waals surface area contributed by atoms with E-state index in [1.54, 1.807) is 0 Å². The predicted molar refractivity (Wildman–Crippen MR) is 128 cm³/mol. The van der Waals surface area contributed by atoms with Gasteiger partial charge in [0.2, 0.25) is 5.24 Å². The number of β-lactam (4-membered cyclic amide) rings is 1. The smallest absolute Gasteiger partial charge is 0.352 e. The molecule has 3 rings (SSSR count). The summed E-state index contributed by atoms with van der Waals surface area (Å²) in [7, 11) is 1.25. The number of alkyl halides is 1. The molecule has 1 aromatic rings. The fourth-order valence-corrected chi connectivity index (χ4v) is 4.76. The first-order chi connectivity index (χ1) is 16.5. The fraction of sp³-hybridized carbons (Fsp3) is 0.389. The first-order valence-electron chi connectivity index (χ1n) is 9.42. The molecular weight excluding hydrogens is 549 g/mol. The number of aromatic nitrogens is 1. The van der Waals surface area contributed by atoms with Gasteiger partial charge in [-0.3, -0.25) is 24.1 Å². The largest absolute Gasteiger partial charge is 0.477 e. The van der Waals surface area contributed by atoms with E-state index in [1.807, 2.05) is 0 Å². The summed E-state index contributed by atoms with van der Waals surface area (Å²) in [6.45, 7) is 0.975. The van der Waals surface area contributed by atoms with E-state index in [4.69, 9.17) is 33.7 Å². The van der Waals surface area contributed by atoms with Crippen molar-refractivity contribution in [2.75, 3.05) is 31.1 Å². The molecule has 1 aromatic heterocycles. The van der Waals surface area contributed by atoms with Gasteiger partial charge in [0.05, 0.1) is 5.88 Å². The Balaban J connectivity index is 0.000000784. The van der Waals surface area contributed by atoms with E-state index >= 15 is 0 Å². The second-order valence-electron chi connectivity index (χ2n) is 6.58. The molecule has 1 fully saturated rings. The van der Waals surface area contributed by atoms with E-state index in [2.05, 4.69) is 20.3 Å². The van der Waals surface area contributed by atoms with E-state index in [1.165, 1.54) is 31.2 Å². The van der Waals surface area contributed by atoms with Gasteiger partial charge in [-0.25, -0.2) is 9.78 Å². The van der Waals surface area contributed by atoms with Crippen molar-refractivity contribution in [1.29, 1.82) is 0 Å². The monoisotopic (exact) mass is 567 g/mol. The number of hydrogen-bond donors (Lipinski definition) is 3. The SMILES string of the molecule is CO/N=C(/C(=O)N[C@@H]1C(=O)N2C(C(=O)O)=C(COC(C)=O)CS[C@H]12)c1csc(N)n1.O=C(Cl)CCl. The van der Waals surface area contributed by atoms with Crippen molar-refractivity contribution in [3.05, 3.63) is 22.3 Å². The van der Waals surface area contributed by atoms with Gasteiger partial charge in [0.15, 0.2) is 10.8 Å². The minimum atomic E-state index is -1.32. The molecule has 0 saturated carbocycles. The number of nitrogen functional groups attached to an aromatic ring is 1. The van der Waals surface area contributed by atoms with Crippen molar-refractivity contribution in [1.82, 2.24) is 15.2 Å². The van der Waals surface area contributed by atoms with Crippen LogP contribution < -0.4 is 11.1 Å². The number of carbonyl (C=O) groups excluding carboxylic acids is 4. The Morgan fingerprint density at radius 2 is 2.06 bits per heavy atom. The van der Waals surface area contributed by atoms with E-state index in [-0.39, 0.29) is 40.5 Å². The number of oxime groups is 1. The zero-order chi connectivity index (χ0) is 26.3. The summed E-state index contributed by atoms with van der Waals surface area (Å²) >= 11 is 11.9. The molecule has 1 saturated heterocycles. The number of anilines is 1. The molecule has 0 unspecified atom stereocenters. The lowest BCUT2D eigenvalue weighted by atomic mass is 10.0. The van der Waals surface area contributed by atoms with Gasteiger partial charge in [0.1, 0.15) is 36.5 Å². The first kappa shape index (κ1) is 28.4. The average molecular weight is 568 g/mol. The lowest BCUT2D eigenvalue weighted by Gasteiger charge is -2.49. The Morgan fingerprint density at radius 1 is 1.40 bits per heavy atom. The zero-order valence-electron chi connectivity index (χ0n) is 18.1. The standard InChI is InChI=1S/C16H17N5O7S2.C2H2Cl2O/c1-6(22)28-3-7-4-29-14-10(13(24)21(14)11(7)15(25)26)19-12(23)9(20-27-2)8-5-30-16(17)18-8;3-1-2(4)5/h5,10,14H,3-4H2,1-2H3,(H2,17,18)(H,19,23)(H,25,26);1H2/b20-9+;/t10-,14-;/m1./s1. The highest BCUT2D eigenvalue weighted by atomic mass is 35.5.